The molecule has 3 heterocycles. The summed E-state index contributed by atoms with van der Waals surface area (Å²) >= 11 is 1.61. The number of nitrogens with zero attached hydrogens (tertiary/aromatic N) is 3. The molecule has 0 bridgehead atoms. The van der Waals surface area contributed by atoms with Gasteiger partial charge < -0.3 is 5.73 Å². The number of nitrogens with two attached hydrogens (primary N) is 1. The minimum Gasteiger partial charge on any atom is -0.318 e. The van der Waals surface area contributed by atoms with Crippen LogP contribution in [0.25, 0.3) is 21.3 Å². The average molecular weight is 318 g/mol. The topological polar surface area (TPSA) is 64.7 Å². The van der Waals surface area contributed by atoms with E-state index in [1.54, 1.807) is 23.9 Å². The van der Waals surface area contributed by atoms with E-state index in [4.69, 9.17) is 5.73 Å². The van der Waals surface area contributed by atoms with Gasteiger partial charge in [0.2, 0.25) is 0 Å². The van der Waals surface area contributed by atoms with E-state index in [-0.39, 0.29) is 6.04 Å². The second-order valence-electron chi connectivity index (χ2n) is 5.19. The van der Waals surface area contributed by atoms with Gasteiger partial charge in [-0.15, -0.1) is 11.3 Å². The molecular formula is C18H14N4S. The van der Waals surface area contributed by atoms with Crippen molar-refractivity contribution >= 4 is 21.6 Å². The lowest BCUT2D eigenvalue weighted by atomic mass is 10.0. The van der Waals surface area contributed by atoms with Gasteiger partial charge in [0, 0.05) is 22.5 Å². The third kappa shape index (κ3) is 2.50. The summed E-state index contributed by atoms with van der Waals surface area (Å²) < 4.78 is 0. The fourth-order valence-corrected chi connectivity index (χ4v) is 3.59. The number of rotatable bonds is 3. The molecule has 0 fully saturated rings. The molecule has 23 heavy (non-hydrogen) atoms. The third-order valence-corrected chi connectivity index (χ3v) is 4.67. The smallest absolute Gasteiger partial charge is 0.127 e. The Labute approximate surface area is 137 Å². The normalized spacial score (nSPS) is 12.4. The Morgan fingerprint density at radius 1 is 0.913 bits per heavy atom. The molecule has 3 aromatic heterocycles. The summed E-state index contributed by atoms with van der Waals surface area (Å²) in [5.74, 6) is 0. The van der Waals surface area contributed by atoms with E-state index in [0.717, 1.165) is 32.7 Å². The molecule has 0 saturated heterocycles. The van der Waals surface area contributed by atoms with Gasteiger partial charge in [-0.25, -0.2) is 9.97 Å². The number of fused-ring (bicyclic) bond motifs is 1. The van der Waals surface area contributed by atoms with Crippen LogP contribution in [-0.4, -0.2) is 15.0 Å². The third-order valence-electron chi connectivity index (χ3n) is 3.79. The van der Waals surface area contributed by atoms with Crippen molar-refractivity contribution in [1.29, 1.82) is 0 Å². The maximum atomic E-state index is 6.44. The van der Waals surface area contributed by atoms with Gasteiger partial charge in [-0.2, -0.15) is 0 Å². The fraction of sp³-hybridized carbons (Fsp3) is 0.0556. The molecule has 0 saturated carbocycles. The van der Waals surface area contributed by atoms with Gasteiger partial charge in [-0.05, 0) is 17.7 Å². The molecule has 1 aromatic carbocycles. The molecule has 0 spiro atoms. The van der Waals surface area contributed by atoms with Crippen molar-refractivity contribution in [2.45, 2.75) is 6.04 Å². The van der Waals surface area contributed by atoms with Crippen LogP contribution in [0.1, 0.15) is 17.4 Å². The maximum absolute atomic E-state index is 6.44. The second kappa shape index (κ2) is 5.87. The highest BCUT2D eigenvalue weighted by Crippen LogP contribution is 2.36. The Morgan fingerprint density at radius 2 is 1.74 bits per heavy atom. The van der Waals surface area contributed by atoms with Gasteiger partial charge >= 0.3 is 0 Å². The van der Waals surface area contributed by atoms with E-state index in [0.29, 0.717) is 0 Å². The van der Waals surface area contributed by atoms with Crippen molar-refractivity contribution in [2.24, 2.45) is 5.73 Å². The molecule has 0 amide bonds. The lowest BCUT2D eigenvalue weighted by molar-refractivity contribution is 0.800. The fourth-order valence-electron chi connectivity index (χ4n) is 2.66. The summed E-state index contributed by atoms with van der Waals surface area (Å²) in [5.41, 5.74) is 10.3. The molecule has 2 N–H and O–H groups in total. The van der Waals surface area contributed by atoms with Crippen LogP contribution in [0.4, 0.5) is 0 Å². The standard InChI is InChI=1S/C18H14N4S/c19-16(14-8-4-5-9-20-14)17-15-13(12-6-2-1-3-7-12)10-23-18(15)22-11-21-17/h1-11,16H,19H2. The van der Waals surface area contributed by atoms with Gasteiger partial charge in [-0.1, -0.05) is 36.4 Å². The Kier molecular flexibility index (Phi) is 3.57. The molecule has 0 aliphatic heterocycles. The molecule has 0 aliphatic rings. The van der Waals surface area contributed by atoms with Gasteiger partial charge in [0.15, 0.2) is 0 Å². The van der Waals surface area contributed by atoms with E-state index < -0.39 is 0 Å². The lowest BCUT2D eigenvalue weighted by Crippen LogP contribution is -2.15. The molecule has 0 radical (unpaired) electrons. The molecule has 5 heteroatoms. The van der Waals surface area contributed by atoms with Crippen LogP contribution in [-0.2, 0) is 0 Å². The van der Waals surface area contributed by atoms with Gasteiger partial charge in [-0.3, -0.25) is 4.98 Å². The Hall–Kier alpha value is -2.63. The van der Waals surface area contributed by atoms with E-state index >= 15 is 0 Å². The average Bonchev–Trinajstić information content (AvgIpc) is 3.07. The molecule has 1 unspecified atom stereocenters. The van der Waals surface area contributed by atoms with Gasteiger partial charge in [0.1, 0.15) is 11.2 Å². The van der Waals surface area contributed by atoms with Gasteiger partial charge in [0.25, 0.3) is 0 Å². The number of hydrogen-bond donors (Lipinski definition) is 1. The number of thiophene rings is 1. The van der Waals surface area contributed by atoms with E-state index in [1.165, 1.54) is 0 Å². The summed E-state index contributed by atoms with van der Waals surface area (Å²) in [6.07, 6.45) is 3.32. The monoisotopic (exact) mass is 318 g/mol. The Bertz CT molecular complexity index is 935. The number of benzene rings is 1. The highest BCUT2D eigenvalue weighted by molar-refractivity contribution is 7.17. The molecule has 4 rings (SSSR count). The summed E-state index contributed by atoms with van der Waals surface area (Å²) in [6.45, 7) is 0. The van der Waals surface area contributed by atoms with Crippen molar-refractivity contribution in [3.05, 3.63) is 77.8 Å². The molecule has 4 nitrogen and oxygen atoms in total. The molecule has 112 valence electrons. The Balaban J connectivity index is 1.92. The van der Waals surface area contributed by atoms with Crippen molar-refractivity contribution in [3.8, 4) is 11.1 Å². The van der Waals surface area contributed by atoms with Gasteiger partial charge in [0.05, 0.1) is 17.4 Å². The van der Waals surface area contributed by atoms with Crippen LogP contribution < -0.4 is 5.73 Å². The predicted molar refractivity (Wildman–Crippen MR) is 93.1 cm³/mol. The van der Waals surface area contributed by atoms with Crippen molar-refractivity contribution < 1.29 is 0 Å². The van der Waals surface area contributed by atoms with Crippen LogP contribution in [0, 0.1) is 0 Å². The zero-order chi connectivity index (χ0) is 15.6. The zero-order valence-electron chi connectivity index (χ0n) is 12.3. The molecular weight excluding hydrogens is 304 g/mol. The summed E-state index contributed by atoms with van der Waals surface area (Å²) in [7, 11) is 0. The van der Waals surface area contributed by atoms with Crippen LogP contribution >= 0.6 is 11.3 Å². The summed E-state index contributed by atoms with van der Waals surface area (Å²) in [6, 6.07) is 15.6. The van der Waals surface area contributed by atoms with Crippen LogP contribution in [0.3, 0.4) is 0 Å². The minimum atomic E-state index is -0.376. The second-order valence-corrected chi connectivity index (χ2v) is 6.04. The number of pyridine rings is 1. The molecule has 4 aromatic rings. The van der Waals surface area contributed by atoms with Crippen molar-refractivity contribution in [3.63, 3.8) is 0 Å². The van der Waals surface area contributed by atoms with Crippen LogP contribution in [0.2, 0.25) is 0 Å². The summed E-state index contributed by atoms with van der Waals surface area (Å²) in [5, 5.41) is 3.13. The number of aromatic nitrogens is 3. The first-order chi connectivity index (χ1) is 11.3. The highest BCUT2D eigenvalue weighted by Gasteiger charge is 2.19. The van der Waals surface area contributed by atoms with Crippen molar-refractivity contribution in [2.75, 3.05) is 0 Å². The lowest BCUT2D eigenvalue weighted by Gasteiger charge is -2.12. The first-order valence-electron chi connectivity index (χ1n) is 7.28. The van der Waals surface area contributed by atoms with E-state index in [9.17, 15) is 0 Å². The highest BCUT2D eigenvalue weighted by atomic mass is 32.1. The first-order valence-corrected chi connectivity index (χ1v) is 8.16. The summed E-state index contributed by atoms with van der Waals surface area (Å²) in [4.78, 5) is 14.2. The molecule has 1 atom stereocenters. The van der Waals surface area contributed by atoms with Crippen LogP contribution in [0.5, 0.6) is 0 Å². The number of hydrogen-bond acceptors (Lipinski definition) is 5. The van der Waals surface area contributed by atoms with E-state index in [2.05, 4.69) is 32.5 Å². The Morgan fingerprint density at radius 3 is 2.52 bits per heavy atom. The molecule has 0 aliphatic carbocycles. The quantitative estimate of drug-likeness (QED) is 0.624. The SMILES string of the molecule is NC(c1ccccn1)c1ncnc2scc(-c3ccccc3)c12. The maximum Gasteiger partial charge on any atom is 0.127 e. The zero-order valence-corrected chi connectivity index (χ0v) is 13.1. The first kappa shape index (κ1) is 14.0. The largest absolute Gasteiger partial charge is 0.318 e. The van der Waals surface area contributed by atoms with E-state index in [1.807, 2.05) is 36.4 Å². The predicted octanol–water partition coefficient (Wildman–Crippen LogP) is 3.80. The van der Waals surface area contributed by atoms with Crippen LogP contribution in [0.15, 0.2) is 66.4 Å². The minimum absolute atomic E-state index is 0.376. The van der Waals surface area contributed by atoms with Crippen molar-refractivity contribution in [1.82, 2.24) is 15.0 Å².